The summed E-state index contributed by atoms with van der Waals surface area (Å²) in [6.45, 7) is 3.76. The summed E-state index contributed by atoms with van der Waals surface area (Å²) in [6.07, 6.45) is 2.50. The number of carbonyl (C=O) groups excluding carboxylic acids is 1. The van der Waals surface area contributed by atoms with Gasteiger partial charge in [-0.15, -0.1) is 0 Å². The number of nitrogens with zero attached hydrogens (tertiary/aromatic N) is 1. The molecule has 0 aromatic heterocycles. The summed E-state index contributed by atoms with van der Waals surface area (Å²) in [5.74, 6) is 0.431. The van der Waals surface area contributed by atoms with Crippen molar-refractivity contribution in [2.75, 3.05) is 32.8 Å². The molecule has 0 spiro atoms. The fourth-order valence-electron chi connectivity index (χ4n) is 3.30. The maximum atomic E-state index is 13.5. The Kier molecular flexibility index (Phi) is 5.05. The summed E-state index contributed by atoms with van der Waals surface area (Å²) >= 11 is 0. The largest absolute Gasteiger partial charge is 0.381 e. The van der Waals surface area contributed by atoms with Crippen LogP contribution in [0.5, 0.6) is 0 Å². The first-order valence-corrected chi connectivity index (χ1v) is 8.07. The number of benzene rings is 1. The van der Waals surface area contributed by atoms with E-state index in [0.717, 1.165) is 38.2 Å². The Hall–Kier alpha value is -1.46. The van der Waals surface area contributed by atoms with Gasteiger partial charge in [0.25, 0.3) is 0 Å². The van der Waals surface area contributed by atoms with E-state index in [0.29, 0.717) is 25.4 Å². The van der Waals surface area contributed by atoms with Crippen LogP contribution in [0.25, 0.3) is 0 Å². The van der Waals surface area contributed by atoms with E-state index in [9.17, 15) is 9.18 Å². The van der Waals surface area contributed by atoms with Gasteiger partial charge in [-0.2, -0.15) is 0 Å². The predicted molar refractivity (Wildman–Crippen MR) is 81.9 cm³/mol. The highest BCUT2D eigenvalue weighted by Gasteiger charge is 2.28. The molecule has 3 rings (SSSR count). The molecule has 2 heterocycles. The maximum absolute atomic E-state index is 13.5. The van der Waals surface area contributed by atoms with Crippen LogP contribution in [-0.4, -0.2) is 43.7 Å². The fourth-order valence-corrected chi connectivity index (χ4v) is 3.30. The Labute approximate surface area is 130 Å². The third-order valence-corrected chi connectivity index (χ3v) is 4.59. The molecular formula is C17H23FN2O2. The van der Waals surface area contributed by atoms with E-state index in [4.69, 9.17) is 4.74 Å². The SMILES string of the molecule is O=C(CCC1CCOC1)N1CCNCC1c1cccc(F)c1. The number of halogens is 1. The fraction of sp³-hybridized carbons (Fsp3) is 0.588. The Bertz CT molecular complexity index is 517. The quantitative estimate of drug-likeness (QED) is 0.926. The zero-order chi connectivity index (χ0) is 15.4. The van der Waals surface area contributed by atoms with Crippen molar-refractivity contribution >= 4 is 5.91 Å². The number of nitrogens with one attached hydrogen (secondary N) is 1. The molecule has 0 radical (unpaired) electrons. The topological polar surface area (TPSA) is 41.6 Å². The number of amides is 1. The van der Waals surface area contributed by atoms with Crippen LogP contribution in [0.15, 0.2) is 24.3 Å². The Balaban J connectivity index is 1.65. The van der Waals surface area contributed by atoms with Gasteiger partial charge in [-0.25, -0.2) is 4.39 Å². The van der Waals surface area contributed by atoms with E-state index in [-0.39, 0.29) is 17.8 Å². The van der Waals surface area contributed by atoms with Crippen LogP contribution in [-0.2, 0) is 9.53 Å². The van der Waals surface area contributed by atoms with Gasteiger partial charge in [-0.05, 0) is 36.5 Å². The van der Waals surface area contributed by atoms with Gasteiger partial charge in [0, 0.05) is 39.3 Å². The molecule has 120 valence electrons. The van der Waals surface area contributed by atoms with Crippen LogP contribution in [0.3, 0.4) is 0 Å². The van der Waals surface area contributed by atoms with Gasteiger partial charge in [0.05, 0.1) is 6.04 Å². The number of hydrogen-bond donors (Lipinski definition) is 1. The highest BCUT2D eigenvalue weighted by atomic mass is 19.1. The molecule has 1 aromatic rings. The number of carbonyl (C=O) groups is 1. The van der Waals surface area contributed by atoms with Gasteiger partial charge in [0.2, 0.25) is 5.91 Å². The first-order chi connectivity index (χ1) is 10.7. The molecule has 0 aliphatic carbocycles. The van der Waals surface area contributed by atoms with E-state index in [2.05, 4.69) is 5.32 Å². The van der Waals surface area contributed by atoms with Crippen molar-refractivity contribution in [2.24, 2.45) is 5.92 Å². The second-order valence-corrected chi connectivity index (χ2v) is 6.13. The number of piperazine rings is 1. The summed E-state index contributed by atoms with van der Waals surface area (Å²) in [7, 11) is 0. The minimum atomic E-state index is -0.251. The highest BCUT2D eigenvalue weighted by molar-refractivity contribution is 5.77. The Morgan fingerprint density at radius 2 is 2.36 bits per heavy atom. The average molecular weight is 306 g/mol. The van der Waals surface area contributed by atoms with Crippen LogP contribution in [0.1, 0.15) is 30.9 Å². The summed E-state index contributed by atoms with van der Waals surface area (Å²) < 4.78 is 18.8. The van der Waals surface area contributed by atoms with Crippen molar-refractivity contribution in [3.8, 4) is 0 Å². The lowest BCUT2D eigenvalue weighted by atomic mass is 9.99. The maximum Gasteiger partial charge on any atom is 0.223 e. The molecule has 2 unspecified atom stereocenters. The standard InChI is InChI=1S/C17H23FN2O2/c18-15-3-1-2-14(10-15)16-11-19-7-8-20(16)17(21)5-4-13-6-9-22-12-13/h1-3,10,13,16,19H,4-9,11-12H2. The molecular weight excluding hydrogens is 283 g/mol. The van der Waals surface area contributed by atoms with Crippen molar-refractivity contribution in [1.29, 1.82) is 0 Å². The second-order valence-electron chi connectivity index (χ2n) is 6.13. The first kappa shape index (κ1) is 15.4. The van der Waals surface area contributed by atoms with Gasteiger partial charge >= 0.3 is 0 Å². The van der Waals surface area contributed by atoms with Crippen LogP contribution >= 0.6 is 0 Å². The van der Waals surface area contributed by atoms with Gasteiger partial charge in [-0.3, -0.25) is 4.79 Å². The molecule has 2 aliphatic rings. The van der Waals surface area contributed by atoms with Gasteiger partial charge < -0.3 is 15.0 Å². The van der Waals surface area contributed by atoms with Gasteiger partial charge in [0.15, 0.2) is 0 Å². The second kappa shape index (κ2) is 7.20. The normalized spacial score (nSPS) is 25.4. The van der Waals surface area contributed by atoms with Crippen molar-refractivity contribution in [3.63, 3.8) is 0 Å². The van der Waals surface area contributed by atoms with E-state index >= 15 is 0 Å². The van der Waals surface area contributed by atoms with Crippen molar-refractivity contribution in [2.45, 2.75) is 25.3 Å². The molecule has 2 aliphatic heterocycles. The van der Waals surface area contributed by atoms with Gasteiger partial charge in [-0.1, -0.05) is 12.1 Å². The van der Waals surface area contributed by atoms with E-state index < -0.39 is 0 Å². The lowest BCUT2D eigenvalue weighted by molar-refractivity contribution is -0.134. The molecule has 0 bridgehead atoms. The Morgan fingerprint density at radius 3 is 3.14 bits per heavy atom. The van der Waals surface area contributed by atoms with Crippen molar-refractivity contribution in [1.82, 2.24) is 10.2 Å². The zero-order valence-corrected chi connectivity index (χ0v) is 12.8. The third kappa shape index (κ3) is 3.65. The van der Waals surface area contributed by atoms with Crippen molar-refractivity contribution < 1.29 is 13.9 Å². The predicted octanol–water partition coefficient (Wildman–Crippen LogP) is 2.12. The van der Waals surface area contributed by atoms with Crippen LogP contribution in [0.2, 0.25) is 0 Å². The molecule has 0 saturated carbocycles. The van der Waals surface area contributed by atoms with E-state index in [1.165, 1.54) is 12.1 Å². The molecule has 2 fully saturated rings. The summed E-state index contributed by atoms with van der Waals surface area (Å²) in [4.78, 5) is 14.5. The minimum absolute atomic E-state index is 0.0724. The molecule has 22 heavy (non-hydrogen) atoms. The van der Waals surface area contributed by atoms with E-state index in [1.807, 2.05) is 11.0 Å². The monoisotopic (exact) mass is 306 g/mol. The highest BCUT2D eigenvalue weighted by Crippen LogP contribution is 2.25. The van der Waals surface area contributed by atoms with Gasteiger partial charge in [0.1, 0.15) is 5.82 Å². The minimum Gasteiger partial charge on any atom is -0.381 e. The number of hydrogen-bond acceptors (Lipinski definition) is 3. The molecule has 2 saturated heterocycles. The zero-order valence-electron chi connectivity index (χ0n) is 12.8. The first-order valence-electron chi connectivity index (χ1n) is 8.07. The molecule has 1 N–H and O–H groups in total. The molecule has 1 aromatic carbocycles. The average Bonchev–Trinajstić information content (AvgIpc) is 3.06. The summed E-state index contributed by atoms with van der Waals surface area (Å²) in [5.41, 5.74) is 0.866. The summed E-state index contributed by atoms with van der Waals surface area (Å²) in [5, 5.41) is 3.30. The van der Waals surface area contributed by atoms with Crippen molar-refractivity contribution in [3.05, 3.63) is 35.6 Å². The van der Waals surface area contributed by atoms with Crippen LogP contribution in [0, 0.1) is 11.7 Å². The molecule has 4 nitrogen and oxygen atoms in total. The smallest absolute Gasteiger partial charge is 0.223 e. The van der Waals surface area contributed by atoms with E-state index in [1.54, 1.807) is 6.07 Å². The molecule has 2 atom stereocenters. The van der Waals surface area contributed by atoms with Crippen LogP contribution in [0.4, 0.5) is 4.39 Å². The Morgan fingerprint density at radius 1 is 1.45 bits per heavy atom. The molecule has 1 amide bonds. The lowest BCUT2D eigenvalue weighted by Crippen LogP contribution is -2.48. The lowest BCUT2D eigenvalue weighted by Gasteiger charge is -2.37. The molecule has 5 heteroatoms. The number of ether oxygens (including phenoxy) is 1. The number of rotatable bonds is 4. The van der Waals surface area contributed by atoms with Crippen LogP contribution < -0.4 is 5.32 Å². The third-order valence-electron chi connectivity index (χ3n) is 4.59. The summed E-state index contributed by atoms with van der Waals surface area (Å²) in [6, 6.07) is 6.50.